The highest BCUT2D eigenvalue weighted by atomic mass is 16.5. The lowest BCUT2D eigenvalue weighted by Gasteiger charge is -2.26. The van der Waals surface area contributed by atoms with Gasteiger partial charge in [-0.2, -0.15) is 0 Å². The zero-order valence-corrected chi connectivity index (χ0v) is 10.5. The van der Waals surface area contributed by atoms with Crippen LogP contribution in [-0.2, 0) is 4.74 Å². The predicted octanol–water partition coefficient (Wildman–Crippen LogP) is 1.47. The molecule has 3 heteroatoms. The molecule has 0 amide bonds. The molecule has 1 saturated carbocycles. The summed E-state index contributed by atoms with van der Waals surface area (Å²) in [5.41, 5.74) is 6.23. The van der Waals surface area contributed by atoms with Crippen LogP contribution in [0.3, 0.4) is 0 Å². The standard InChI is InChI=1S/C13H26N2O/c1-15(8-11-4-2-3-5-11)9-13(14)12-6-7-16-10-12/h11-13H,2-10,14H2,1H3. The minimum Gasteiger partial charge on any atom is -0.381 e. The SMILES string of the molecule is CN(CC1CCCC1)CC(N)C1CCOC1. The van der Waals surface area contributed by atoms with E-state index in [0.29, 0.717) is 12.0 Å². The van der Waals surface area contributed by atoms with Crippen molar-refractivity contribution in [2.75, 3.05) is 33.4 Å². The van der Waals surface area contributed by atoms with Gasteiger partial charge in [0.1, 0.15) is 0 Å². The van der Waals surface area contributed by atoms with E-state index in [1.807, 2.05) is 0 Å². The highest BCUT2D eigenvalue weighted by Crippen LogP contribution is 2.25. The maximum atomic E-state index is 6.23. The van der Waals surface area contributed by atoms with Gasteiger partial charge in [0.05, 0.1) is 6.61 Å². The second-order valence-corrected chi connectivity index (χ2v) is 5.66. The molecule has 2 N–H and O–H groups in total. The fraction of sp³-hybridized carbons (Fsp3) is 1.00. The summed E-state index contributed by atoms with van der Waals surface area (Å²) < 4.78 is 5.39. The lowest BCUT2D eigenvalue weighted by Crippen LogP contribution is -2.42. The molecule has 0 spiro atoms. The molecular formula is C13H26N2O. The van der Waals surface area contributed by atoms with Crippen LogP contribution in [0.2, 0.25) is 0 Å². The normalized spacial score (nSPS) is 29.1. The molecule has 2 atom stereocenters. The zero-order chi connectivity index (χ0) is 11.4. The van der Waals surface area contributed by atoms with Crippen molar-refractivity contribution in [2.24, 2.45) is 17.6 Å². The van der Waals surface area contributed by atoms with Gasteiger partial charge in [-0.25, -0.2) is 0 Å². The third-order valence-corrected chi connectivity index (χ3v) is 4.14. The lowest BCUT2D eigenvalue weighted by atomic mass is 9.99. The average Bonchev–Trinajstić information content (AvgIpc) is 2.88. The summed E-state index contributed by atoms with van der Waals surface area (Å²) in [5, 5.41) is 0. The molecule has 1 heterocycles. The molecule has 0 aromatic rings. The number of likely N-dealkylation sites (N-methyl/N-ethyl adjacent to an activating group) is 1. The number of hydrogen-bond donors (Lipinski definition) is 1. The molecule has 2 fully saturated rings. The third-order valence-electron chi connectivity index (χ3n) is 4.14. The Balaban J connectivity index is 1.66. The Morgan fingerprint density at radius 2 is 2.06 bits per heavy atom. The van der Waals surface area contributed by atoms with Crippen LogP contribution in [0.1, 0.15) is 32.1 Å². The summed E-state index contributed by atoms with van der Waals surface area (Å²) in [5.74, 6) is 1.52. The quantitative estimate of drug-likeness (QED) is 0.771. The van der Waals surface area contributed by atoms with Crippen LogP contribution in [-0.4, -0.2) is 44.3 Å². The topological polar surface area (TPSA) is 38.5 Å². The Morgan fingerprint density at radius 3 is 2.69 bits per heavy atom. The van der Waals surface area contributed by atoms with Gasteiger partial charge in [-0.15, -0.1) is 0 Å². The number of nitrogens with two attached hydrogens (primary N) is 1. The minimum atomic E-state index is 0.300. The van der Waals surface area contributed by atoms with Crippen LogP contribution < -0.4 is 5.73 Å². The molecule has 2 rings (SSSR count). The van der Waals surface area contributed by atoms with E-state index < -0.39 is 0 Å². The van der Waals surface area contributed by atoms with E-state index in [4.69, 9.17) is 10.5 Å². The van der Waals surface area contributed by atoms with Crippen molar-refractivity contribution in [1.82, 2.24) is 4.90 Å². The van der Waals surface area contributed by atoms with Crippen molar-refractivity contribution >= 4 is 0 Å². The summed E-state index contributed by atoms with van der Waals surface area (Å²) in [6.45, 7) is 4.05. The molecule has 0 aromatic carbocycles. The van der Waals surface area contributed by atoms with Gasteiger partial charge in [0, 0.05) is 31.7 Å². The Kier molecular flexibility index (Phi) is 4.62. The molecule has 16 heavy (non-hydrogen) atoms. The number of hydrogen-bond acceptors (Lipinski definition) is 3. The predicted molar refractivity (Wildman–Crippen MR) is 66.4 cm³/mol. The van der Waals surface area contributed by atoms with Crippen LogP contribution in [0.15, 0.2) is 0 Å². The highest BCUT2D eigenvalue weighted by Gasteiger charge is 2.24. The molecule has 94 valence electrons. The van der Waals surface area contributed by atoms with Gasteiger partial charge in [-0.05, 0) is 32.2 Å². The maximum Gasteiger partial charge on any atom is 0.0510 e. The van der Waals surface area contributed by atoms with E-state index in [-0.39, 0.29) is 0 Å². The van der Waals surface area contributed by atoms with E-state index in [9.17, 15) is 0 Å². The van der Waals surface area contributed by atoms with Gasteiger partial charge in [-0.1, -0.05) is 12.8 Å². The first kappa shape index (κ1) is 12.3. The van der Waals surface area contributed by atoms with Gasteiger partial charge in [0.15, 0.2) is 0 Å². The van der Waals surface area contributed by atoms with Crippen LogP contribution in [0.25, 0.3) is 0 Å². The van der Waals surface area contributed by atoms with Crippen molar-refractivity contribution in [2.45, 2.75) is 38.1 Å². The molecule has 2 aliphatic rings. The summed E-state index contributed by atoms with van der Waals surface area (Å²) in [4.78, 5) is 2.43. The smallest absolute Gasteiger partial charge is 0.0510 e. The number of rotatable bonds is 5. The Morgan fingerprint density at radius 1 is 1.31 bits per heavy atom. The first-order chi connectivity index (χ1) is 7.75. The van der Waals surface area contributed by atoms with Gasteiger partial charge in [-0.3, -0.25) is 0 Å². The third kappa shape index (κ3) is 3.44. The van der Waals surface area contributed by atoms with Crippen LogP contribution in [0, 0.1) is 11.8 Å². The molecule has 0 aromatic heterocycles. The van der Waals surface area contributed by atoms with E-state index in [0.717, 1.165) is 32.1 Å². The second kappa shape index (κ2) is 5.99. The second-order valence-electron chi connectivity index (χ2n) is 5.66. The van der Waals surface area contributed by atoms with Crippen molar-refractivity contribution in [3.63, 3.8) is 0 Å². The highest BCUT2D eigenvalue weighted by molar-refractivity contribution is 4.80. The van der Waals surface area contributed by atoms with Crippen molar-refractivity contribution in [1.29, 1.82) is 0 Å². The zero-order valence-electron chi connectivity index (χ0n) is 10.5. The summed E-state index contributed by atoms with van der Waals surface area (Å²) in [7, 11) is 2.22. The van der Waals surface area contributed by atoms with Crippen LogP contribution in [0.5, 0.6) is 0 Å². The first-order valence-electron chi connectivity index (χ1n) is 6.77. The van der Waals surface area contributed by atoms with Crippen molar-refractivity contribution in [3.05, 3.63) is 0 Å². The fourth-order valence-corrected chi connectivity index (χ4v) is 3.11. The van der Waals surface area contributed by atoms with E-state index in [1.165, 1.54) is 32.2 Å². The maximum absolute atomic E-state index is 6.23. The summed E-state index contributed by atoms with van der Waals surface area (Å²) >= 11 is 0. The molecular weight excluding hydrogens is 200 g/mol. The fourth-order valence-electron chi connectivity index (χ4n) is 3.11. The molecule has 2 unspecified atom stereocenters. The van der Waals surface area contributed by atoms with Crippen LogP contribution in [0.4, 0.5) is 0 Å². The van der Waals surface area contributed by atoms with Gasteiger partial charge in [0.25, 0.3) is 0 Å². The van der Waals surface area contributed by atoms with Crippen molar-refractivity contribution < 1.29 is 4.74 Å². The number of nitrogens with zero attached hydrogens (tertiary/aromatic N) is 1. The monoisotopic (exact) mass is 226 g/mol. The molecule has 1 saturated heterocycles. The Hall–Kier alpha value is -0.120. The van der Waals surface area contributed by atoms with Gasteiger partial charge >= 0.3 is 0 Å². The van der Waals surface area contributed by atoms with E-state index in [1.54, 1.807) is 0 Å². The van der Waals surface area contributed by atoms with E-state index >= 15 is 0 Å². The molecule has 3 nitrogen and oxygen atoms in total. The first-order valence-corrected chi connectivity index (χ1v) is 6.77. The molecule has 0 radical (unpaired) electrons. The van der Waals surface area contributed by atoms with E-state index in [2.05, 4.69) is 11.9 Å². The molecule has 1 aliphatic heterocycles. The van der Waals surface area contributed by atoms with Crippen LogP contribution >= 0.6 is 0 Å². The van der Waals surface area contributed by atoms with Gasteiger partial charge < -0.3 is 15.4 Å². The number of ether oxygens (including phenoxy) is 1. The van der Waals surface area contributed by atoms with Gasteiger partial charge in [0.2, 0.25) is 0 Å². The Labute approximate surface area is 99.3 Å². The lowest BCUT2D eigenvalue weighted by molar-refractivity contribution is 0.171. The Bertz CT molecular complexity index is 198. The summed E-state index contributed by atoms with van der Waals surface area (Å²) in [6, 6.07) is 0.300. The average molecular weight is 226 g/mol. The molecule has 1 aliphatic carbocycles. The van der Waals surface area contributed by atoms with Crippen molar-refractivity contribution in [3.8, 4) is 0 Å². The summed E-state index contributed by atoms with van der Waals surface area (Å²) in [6.07, 6.45) is 6.86. The largest absolute Gasteiger partial charge is 0.381 e. The molecule has 0 bridgehead atoms. The minimum absolute atomic E-state index is 0.300.